The first-order chi connectivity index (χ1) is 11.3. The fourth-order valence-electron chi connectivity index (χ4n) is 2.72. The summed E-state index contributed by atoms with van der Waals surface area (Å²) in [4.78, 5) is 24.1. The minimum atomic E-state index is -1.49. The van der Waals surface area contributed by atoms with Crippen molar-refractivity contribution in [3.8, 4) is 5.69 Å². The van der Waals surface area contributed by atoms with Gasteiger partial charge in [0.05, 0.1) is 12.2 Å². The Morgan fingerprint density at radius 1 is 1.25 bits per heavy atom. The van der Waals surface area contributed by atoms with Crippen LogP contribution >= 0.6 is 0 Å². The smallest absolute Gasteiger partial charge is 0.331 e. The number of nitrogens with one attached hydrogen (secondary N) is 1. The maximum absolute atomic E-state index is 12.6. The Bertz CT molecular complexity index is 752. The number of benzene rings is 1. The molecular weight excluding hydrogens is 308 g/mol. The van der Waals surface area contributed by atoms with E-state index in [-0.39, 0.29) is 6.61 Å². The van der Waals surface area contributed by atoms with Crippen molar-refractivity contribution < 1.29 is 19.4 Å². The Balaban J connectivity index is 2.37. The molecule has 0 saturated carbocycles. The van der Waals surface area contributed by atoms with E-state index in [0.717, 1.165) is 17.1 Å². The maximum atomic E-state index is 12.6. The van der Waals surface area contributed by atoms with Gasteiger partial charge in [0, 0.05) is 24.2 Å². The van der Waals surface area contributed by atoms with E-state index in [9.17, 15) is 14.7 Å². The van der Waals surface area contributed by atoms with Crippen LogP contribution in [-0.4, -0.2) is 40.8 Å². The van der Waals surface area contributed by atoms with Crippen LogP contribution in [0.5, 0.6) is 0 Å². The summed E-state index contributed by atoms with van der Waals surface area (Å²) in [5.74, 6) is -1.58. The van der Waals surface area contributed by atoms with E-state index in [0.29, 0.717) is 5.56 Å². The lowest BCUT2D eigenvalue weighted by Crippen LogP contribution is -2.55. The number of aromatic nitrogens is 1. The molecule has 128 valence electrons. The second kappa shape index (κ2) is 6.88. The van der Waals surface area contributed by atoms with Gasteiger partial charge >= 0.3 is 5.97 Å². The predicted molar refractivity (Wildman–Crippen MR) is 90.6 cm³/mol. The molecule has 0 fully saturated rings. The number of carbonyl (C=O) groups excluding carboxylic acids is 1. The highest BCUT2D eigenvalue weighted by molar-refractivity contribution is 5.99. The number of hydrogen-bond donors (Lipinski definition) is 2. The Morgan fingerprint density at radius 2 is 1.88 bits per heavy atom. The number of aliphatic carboxylic acids is 1. The number of carboxylic acids is 1. The van der Waals surface area contributed by atoms with Crippen molar-refractivity contribution in [2.75, 3.05) is 13.7 Å². The molecule has 0 aliphatic carbocycles. The zero-order valence-corrected chi connectivity index (χ0v) is 14.3. The van der Waals surface area contributed by atoms with E-state index in [4.69, 9.17) is 4.74 Å². The molecular formula is C18H22N2O4. The van der Waals surface area contributed by atoms with Crippen LogP contribution in [0.1, 0.15) is 28.7 Å². The normalized spacial score (nSPS) is 13.3. The first-order valence-electron chi connectivity index (χ1n) is 7.59. The van der Waals surface area contributed by atoms with E-state index < -0.39 is 17.4 Å². The van der Waals surface area contributed by atoms with E-state index in [1.54, 1.807) is 6.07 Å². The molecule has 1 amide bonds. The van der Waals surface area contributed by atoms with Crippen LogP contribution < -0.4 is 5.32 Å². The second-order valence-corrected chi connectivity index (χ2v) is 5.98. The molecule has 1 aromatic carbocycles. The molecule has 1 heterocycles. The molecule has 0 radical (unpaired) electrons. The van der Waals surface area contributed by atoms with Crippen LogP contribution in [0.3, 0.4) is 0 Å². The molecule has 6 nitrogen and oxygen atoms in total. The molecule has 2 N–H and O–H groups in total. The molecule has 0 bridgehead atoms. The van der Waals surface area contributed by atoms with Crippen molar-refractivity contribution in [2.45, 2.75) is 26.3 Å². The standard InChI is InChI=1S/C18H22N2O4/c1-12-10-15(13(2)20(12)14-8-6-5-7-9-14)16(21)19-18(3,11-24-4)17(22)23/h5-10H,11H2,1-4H3,(H,19,21)(H,22,23). The van der Waals surface area contributed by atoms with Crippen molar-refractivity contribution >= 4 is 11.9 Å². The molecule has 1 aromatic heterocycles. The molecule has 2 rings (SSSR count). The third-order valence-electron chi connectivity index (χ3n) is 3.98. The number of carboxylic acid groups (broad SMARTS) is 1. The zero-order valence-electron chi connectivity index (χ0n) is 14.3. The summed E-state index contributed by atoms with van der Waals surface area (Å²) in [7, 11) is 1.40. The number of para-hydroxylation sites is 1. The maximum Gasteiger partial charge on any atom is 0.331 e. The van der Waals surface area contributed by atoms with Crippen LogP contribution in [0.25, 0.3) is 5.69 Å². The van der Waals surface area contributed by atoms with E-state index in [1.807, 2.05) is 48.7 Å². The van der Waals surface area contributed by atoms with Crippen LogP contribution in [0.2, 0.25) is 0 Å². The van der Waals surface area contributed by atoms with Gasteiger partial charge in [0.15, 0.2) is 5.54 Å². The quantitative estimate of drug-likeness (QED) is 0.852. The fourth-order valence-corrected chi connectivity index (χ4v) is 2.72. The van der Waals surface area contributed by atoms with Gasteiger partial charge < -0.3 is 19.7 Å². The summed E-state index contributed by atoms with van der Waals surface area (Å²) in [6.07, 6.45) is 0. The monoisotopic (exact) mass is 330 g/mol. The molecule has 1 unspecified atom stereocenters. The number of aryl methyl sites for hydroxylation is 1. The Hall–Kier alpha value is -2.60. The molecule has 2 aromatic rings. The minimum Gasteiger partial charge on any atom is -0.479 e. The van der Waals surface area contributed by atoms with Gasteiger partial charge in [0.1, 0.15) is 0 Å². The van der Waals surface area contributed by atoms with Crippen molar-refractivity contribution in [2.24, 2.45) is 0 Å². The third-order valence-corrected chi connectivity index (χ3v) is 3.98. The third kappa shape index (κ3) is 3.33. The first kappa shape index (κ1) is 17.7. The van der Waals surface area contributed by atoms with Gasteiger partial charge in [-0.3, -0.25) is 4.79 Å². The summed E-state index contributed by atoms with van der Waals surface area (Å²) in [6.45, 7) is 5.05. The molecule has 6 heteroatoms. The van der Waals surface area contributed by atoms with Crippen LogP contribution in [0.4, 0.5) is 0 Å². The summed E-state index contributed by atoms with van der Waals surface area (Å²) < 4.78 is 6.89. The second-order valence-electron chi connectivity index (χ2n) is 5.98. The highest BCUT2D eigenvalue weighted by Crippen LogP contribution is 2.21. The van der Waals surface area contributed by atoms with Gasteiger partial charge in [-0.05, 0) is 39.0 Å². The van der Waals surface area contributed by atoms with E-state index in [1.165, 1.54) is 14.0 Å². The molecule has 24 heavy (non-hydrogen) atoms. The highest BCUT2D eigenvalue weighted by atomic mass is 16.5. The number of amides is 1. The number of rotatable bonds is 6. The van der Waals surface area contributed by atoms with Gasteiger partial charge in [-0.1, -0.05) is 18.2 Å². The minimum absolute atomic E-state index is 0.120. The topological polar surface area (TPSA) is 80.6 Å². The van der Waals surface area contributed by atoms with Gasteiger partial charge in [-0.25, -0.2) is 4.79 Å². The van der Waals surface area contributed by atoms with Crippen LogP contribution in [-0.2, 0) is 9.53 Å². The van der Waals surface area contributed by atoms with Crippen LogP contribution in [0, 0.1) is 13.8 Å². The van der Waals surface area contributed by atoms with Crippen molar-refractivity contribution in [3.63, 3.8) is 0 Å². The van der Waals surface area contributed by atoms with Crippen LogP contribution in [0.15, 0.2) is 36.4 Å². The summed E-state index contributed by atoms with van der Waals surface area (Å²) >= 11 is 0. The lowest BCUT2D eigenvalue weighted by atomic mass is 10.0. The number of ether oxygens (including phenoxy) is 1. The molecule has 0 saturated heterocycles. The zero-order chi connectivity index (χ0) is 17.9. The molecule has 0 aliphatic heterocycles. The molecule has 1 atom stereocenters. The molecule has 0 spiro atoms. The summed E-state index contributed by atoms with van der Waals surface area (Å²) in [5.41, 5.74) is 1.56. The van der Waals surface area contributed by atoms with Gasteiger partial charge in [-0.15, -0.1) is 0 Å². The van der Waals surface area contributed by atoms with E-state index in [2.05, 4.69) is 5.32 Å². The SMILES string of the molecule is COCC(C)(NC(=O)c1cc(C)n(-c2ccccc2)c1C)C(=O)O. The van der Waals surface area contributed by atoms with Gasteiger partial charge in [0.2, 0.25) is 0 Å². The van der Waals surface area contributed by atoms with Gasteiger partial charge in [-0.2, -0.15) is 0 Å². The first-order valence-corrected chi connectivity index (χ1v) is 7.59. The number of nitrogens with zero attached hydrogens (tertiary/aromatic N) is 1. The summed E-state index contributed by atoms with van der Waals surface area (Å²) in [6, 6.07) is 11.4. The predicted octanol–water partition coefficient (Wildman–Crippen LogP) is 2.31. The van der Waals surface area contributed by atoms with Crippen molar-refractivity contribution in [1.82, 2.24) is 9.88 Å². The highest BCUT2D eigenvalue weighted by Gasteiger charge is 2.36. The van der Waals surface area contributed by atoms with Gasteiger partial charge in [0.25, 0.3) is 5.91 Å². The fraction of sp³-hybridized carbons (Fsp3) is 0.333. The Labute approximate surface area is 141 Å². The summed E-state index contributed by atoms with van der Waals surface area (Å²) in [5, 5.41) is 11.9. The lowest BCUT2D eigenvalue weighted by molar-refractivity contribution is -0.145. The Morgan fingerprint density at radius 3 is 2.42 bits per heavy atom. The molecule has 0 aliphatic rings. The Kier molecular flexibility index (Phi) is 5.09. The largest absolute Gasteiger partial charge is 0.479 e. The number of methoxy groups -OCH3 is 1. The average Bonchev–Trinajstić information content (AvgIpc) is 2.83. The van der Waals surface area contributed by atoms with E-state index >= 15 is 0 Å². The number of hydrogen-bond acceptors (Lipinski definition) is 3. The van der Waals surface area contributed by atoms with Crippen molar-refractivity contribution in [3.05, 3.63) is 53.3 Å². The number of carbonyl (C=O) groups is 2. The lowest BCUT2D eigenvalue weighted by Gasteiger charge is -2.25. The average molecular weight is 330 g/mol. The van der Waals surface area contributed by atoms with Crippen molar-refractivity contribution in [1.29, 1.82) is 0 Å².